The first kappa shape index (κ1) is 12.7. The zero-order valence-corrected chi connectivity index (χ0v) is 10.2. The minimum absolute atomic E-state index is 0.412. The molecule has 0 aliphatic rings. The number of carbonyl (C=O) groups excluding carboxylic acids is 1. The monoisotopic (exact) mass is 222 g/mol. The molecule has 1 rings (SSSR count). The standard InChI is InChI=1S/C13H18O3/c1-9-5-7-11(8-6-9)13(3,15)10(2)12(14)16-4/h5-8,10,15H,1-4H3. The van der Waals surface area contributed by atoms with Crippen LogP contribution in [0.3, 0.4) is 0 Å². The van der Waals surface area contributed by atoms with Crippen LogP contribution in [0.25, 0.3) is 0 Å². The van der Waals surface area contributed by atoms with Gasteiger partial charge in [-0.2, -0.15) is 0 Å². The lowest BCUT2D eigenvalue weighted by atomic mass is 9.84. The van der Waals surface area contributed by atoms with Crippen molar-refractivity contribution < 1.29 is 14.6 Å². The Morgan fingerprint density at radius 1 is 1.38 bits per heavy atom. The van der Waals surface area contributed by atoms with Crippen LogP contribution in [-0.2, 0) is 15.1 Å². The number of hydrogen-bond donors (Lipinski definition) is 1. The van der Waals surface area contributed by atoms with Crippen molar-refractivity contribution in [3.8, 4) is 0 Å². The van der Waals surface area contributed by atoms with E-state index in [-0.39, 0.29) is 0 Å². The molecule has 0 amide bonds. The molecule has 0 aliphatic heterocycles. The molecule has 0 saturated carbocycles. The molecule has 2 atom stereocenters. The summed E-state index contributed by atoms with van der Waals surface area (Å²) in [6, 6.07) is 7.48. The van der Waals surface area contributed by atoms with Gasteiger partial charge in [-0.15, -0.1) is 0 Å². The van der Waals surface area contributed by atoms with Gasteiger partial charge in [-0.25, -0.2) is 0 Å². The smallest absolute Gasteiger partial charge is 0.311 e. The molecule has 0 bridgehead atoms. The van der Waals surface area contributed by atoms with Crippen LogP contribution in [0.2, 0.25) is 0 Å². The fourth-order valence-electron chi connectivity index (χ4n) is 1.55. The highest BCUT2D eigenvalue weighted by Crippen LogP contribution is 2.30. The third kappa shape index (κ3) is 2.42. The lowest BCUT2D eigenvalue weighted by Gasteiger charge is -2.29. The first-order chi connectivity index (χ1) is 7.39. The van der Waals surface area contributed by atoms with E-state index in [9.17, 15) is 9.90 Å². The Bertz CT molecular complexity index is 365. The SMILES string of the molecule is COC(=O)C(C)C(C)(O)c1ccc(C)cc1. The van der Waals surface area contributed by atoms with Gasteiger partial charge in [0.2, 0.25) is 0 Å². The highest BCUT2D eigenvalue weighted by molar-refractivity contribution is 5.73. The van der Waals surface area contributed by atoms with Gasteiger partial charge in [0, 0.05) is 0 Å². The Kier molecular flexibility index (Phi) is 3.70. The predicted molar refractivity (Wildman–Crippen MR) is 61.9 cm³/mol. The van der Waals surface area contributed by atoms with E-state index in [4.69, 9.17) is 0 Å². The Hall–Kier alpha value is -1.35. The van der Waals surface area contributed by atoms with E-state index >= 15 is 0 Å². The molecule has 1 aromatic carbocycles. The summed E-state index contributed by atoms with van der Waals surface area (Å²) in [5.41, 5.74) is 0.627. The minimum Gasteiger partial charge on any atom is -0.469 e. The zero-order valence-electron chi connectivity index (χ0n) is 10.2. The number of carbonyl (C=O) groups is 1. The van der Waals surface area contributed by atoms with Crippen LogP contribution >= 0.6 is 0 Å². The molecule has 16 heavy (non-hydrogen) atoms. The third-order valence-electron chi connectivity index (χ3n) is 3.03. The first-order valence-corrected chi connectivity index (χ1v) is 5.27. The second-order valence-electron chi connectivity index (χ2n) is 4.26. The van der Waals surface area contributed by atoms with Gasteiger partial charge in [0.05, 0.1) is 18.6 Å². The highest BCUT2D eigenvalue weighted by atomic mass is 16.5. The van der Waals surface area contributed by atoms with Crippen molar-refractivity contribution >= 4 is 5.97 Å². The maximum atomic E-state index is 11.4. The summed E-state index contributed by atoms with van der Waals surface area (Å²) in [7, 11) is 1.32. The topological polar surface area (TPSA) is 46.5 Å². The summed E-state index contributed by atoms with van der Waals surface area (Å²) < 4.78 is 4.64. The van der Waals surface area contributed by atoms with Gasteiger partial charge in [-0.3, -0.25) is 4.79 Å². The average Bonchev–Trinajstić information content (AvgIpc) is 2.27. The molecule has 0 saturated heterocycles. The van der Waals surface area contributed by atoms with Crippen molar-refractivity contribution in [2.45, 2.75) is 26.4 Å². The second-order valence-corrected chi connectivity index (χ2v) is 4.26. The van der Waals surface area contributed by atoms with E-state index in [1.807, 2.05) is 31.2 Å². The maximum Gasteiger partial charge on any atom is 0.311 e. The van der Waals surface area contributed by atoms with Crippen molar-refractivity contribution in [1.82, 2.24) is 0 Å². The number of methoxy groups -OCH3 is 1. The Morgan fingerprint density at radius 2 is 1.88 bits per heavy atom. The van der Waals surface area contributed by atoms with E-state index < -0.39 is 17.5 Å². The van der Waals surface area contributed by atoms with Crippen LogP contribution in [0.15, 0.2) is 24.3 Å². The molecule has 0 aliphatic carbocycles. The first-order valence-electron chi connectivity index (χ1n) is 5.27. The number of benzene rings is 1. The summed E-state index contributed by atoms with van der Waals surface area (Å²) >= 11 is 0. The normalized spacial score (nSPS) is 16.3. The number of rotatable bonds is 3. The summed E-state index contributed by atoms with van der Waals surface area (Å²) in [5, 5.41) is 10.3. The van der Waals surface area contributed by atoms with Crippen molar-refractivity contribution in [3.63, 3.8) is 0 Å². The molecule has 3 heteroatoms. The Labute approximate surface area is 96.1 Å². The van der Waals surface area contributed by atoms with E-state index in [0.717, 1.165) is 11.1 Å². The fourth-order valence-corrected chi connectivity index (χ4v) is 1.55. The van der Waals surface area contributed by atoms with E-state index in [1.165, 1.54) is 7.11 Å². The molecular formula is C13H18O3. The van der Waals surface area contributed by atoms with Crippen LogP contribution < -0.4 is 0 Å². The Morgan fingerprint density at radius 3 is 2.31 bits per heavy atom. The molecule has 1 N–H and O–H groups in total. The lowest BCUT2D eigenvalue weighted by Crippen LogP contribution is -2.35. The fraction of sp³-hybridized carbons (Fsp3) is 0.462. The van der Waals surface area contributed by atoms with Crippen molar-refractivity contribution in [3.05, 3.63) is 35.4 Å². The molecule has 0 spiro atoms. The number of hydrogen-bond acceptors (Lipinski definition) is 3. The molecule has 0 fully saturated rings. The van der Waals surface area contributed by atoms with Gasteiger partial charge in [-0.1, -0.05) is 29.8 Å². The quantitative estimate of drug-likeness (QED) is 0.796. The number of esters is 1. The van der Waals surface area contributed by atoms with Crippen molar-refractivity contribution in [1.29, 1.82) is 0 Å². The molecular weight excluding hydrogens is 204 g/mol. The average molecular weight is 222 g/mol. The number of aryl methyl sites for hydroxylation is 1. The summed E-state index contributed by atoms with van der Waals surface area (Å²) in [4.78, 5) is 11.4. The van der Waals surface area contributed by atoms with Crippen LogP contribution in [0.1, 0.15) is 25.0 Å². The van der Waals surface area contributed by atoms with Gasteiger partial charge in [0.1, 0.15) is 0 Å². The second kappa shape index (κ2) is 4.66. The van der Waals surface area contributed by atoms with Gasteiger partial charge >= 0.3 is 5.97 Å². The van der Waals surface area contributed by atoms with Crippen LogP contribution in [0, 0.1) is 12.8 Å². The van der Waals surface area contributed by atoms with E-state index in [0.29, 0.717) is 0 Å². The van der Waals surface area contributed by atoms with E-state index in [1.54, 1.807) is 13.8 Å². The molecule has 0 radical (unpaired) electrons. The molecule has 1 aromatic rings. The lowest BCUT2D eigenvalue weighted by molar-refractivity contribution is -0.154. The third-order valence-corrected chi connectivity index (χ3v) is 3.03. The molecule has 0 heterocycles. The molecule has 2 unspecified atom stereocenters. The van der Waals surface area contributed by atoms with Crippen molar-refractivity contribution in [2.75, 3.05) is 7.11 Å². The van der Waals surface area contributed by atoms with Gasteiger partial charge in [0.15, 0.2) is 0 Å². The summed E-state index contributed by atoms with van der Waals surface area (Å²) in [5.74, 6) is -1.01. The molecule has 3 nitrogen and oxygen atoms in total. The minimum atomic E-state index is -1.21. The highest BCUT2D eigenvalue weighted by Gasteiger charge is 2.35. The molecule has 0 aromatic heterocycles. The predicted octanol–water partition coefficient (Wildman–Crippen LogP) is 2.01. The largest absolute Gasteiger partial charge is 0.469 e. The molecule has 88 valence electrons. The van der Waals surface area contributed by atoms with Crippen LogP contribution in [-0.4, -0.2) is 18.2 Å². The van der Waals surface area contributed by atoms with Crippen LogP contribution in [0.5, 0.6) is 0 Å². The zero-order chi connectivity index (χ0) is 12.3. The van der Waals surface area contributed by atoms with Gasteiger partial charge in [0.25, 0.3) is 0 Å². The van der Waals surface area contributed by atoms with Crippen molar-refractivity contribution in [2.24, 2.45) is 5.92 Å². The number of ether oxygens (including phenoxy) is 1. The summed E-state index contributed by atoms with van der Waals surface area (Å²) in [6.45, 7) is 5.26. The maximum absolute atomic E-state index is 11.4. The van der Waals surface area contributed by atoms with E-state index in [2.05, 4.69) is 4.74 Å². The summed E-state index contributed by atoms with van der Waals surface area (Å²) in [6.07, 6.45) is 0. The van der Waals surface area contributed by atoms with Crippen LogP contribution in [0.4, 0.5) is 0 Å². The Balaban J connectivity index is 3.01. The van der Waals surface area contributed by atoms with Gasteiger partial charge < -0.3 is 9.84 Å². The number of aliphatic hydroxyl groups is 1. The van der Waals surface area contributed by atoms with Gasteiger partial charge in [-0.05, 0) is 26.3 Å².